The lowest BCUT2D eigenvalue weighted by atomic mass is 10.1. The standard InChI is InChI=1S/C25H19F3N4O3/c26-25(27,28)19-6-4-16(5-7-19)24-29-13-18-14-31(11-10-22(18)30-24)15-21-8-9-23(35-21)17-2-1-3-20(12-17)32(33)34/h1-9,12-13H,10-11,14-15H2. The van der Waals surface area contributed by atoms with Gasteiger partial charge in [0.05, 0.1) is 22.7 Å². The van der Waals surface area contributed by atoms with E-state index in [2.05, 4.69) is 14.9 Å². The van der Waals surface area contributed by atoms with Gasteiger partial charge in [0, 0.05) is 54.5 Å². The Hall–Kier alpha value is -4.05. The minimum atomic E-state index is -4.38. The number of nitro groups is 1. The average molecular weight is 480 g/mol. The summed E-state index contributed by atoms with van der Waals surface area (Å²) in [6.45, 7) is 1.88. The van der Waals surface area contributed by atoms with Crippen LogP contribution in [0.4, 0.5) is 18.9 Å². The molecule has 0 amide bonds. The molecule has 0 saturated carbocycles. The Bertz CT molecular complexity index is 1380. The van der Waals surface area contributed by atoms with Gasteiger partial charge in [-0.25, -0.2) is 9.97 Å². The number of hydrogen-bond acceptors (Lipinski definition) is 6. The molecule has 2 aromatic carbocycles. The van der Waals surface area contributed by atoms with E-state index in [4.69, 9.17) is 4.42 Å². The van der Waals surface area contributed by atoms with Crippen LogP contribution in [0.3, 0.4) is 0 Å². The Morgan fingerprint density at radius 2 is 1.86 bits per heavy atom. The third-order valence-corrected chi connectivity index (χ3v) is 5.87. The molecule has 10 heteroatoms. The molecule has 4 aromatic rings. The van der Waals surface area contributed by atoms with Crippen LogP contribution in [-0.2, 0) is 25.7 Å². The maximum Gasteiger partial charge on any atom is 0.416 e. The molecule has 0 atom stereocenters. The predicted molar refractivity (Wildman–Crippen MR) is 121 cm³/mol. The van der Waals surface area contributed by atoms with Crippen molar-refractivity contribution in [2.75, 3.05) is 6.54 Å². The summed E-state index contributed by atoms with van der Waals surface area (Å²) in [4.78, 5) is 21.7. The quantitative estimate of drug-likeness (QED) is 0.262. The number of halogens is 3. The first kappa shape index (κ1) is 22.7. The van der Waals surface area contributed by atoms with Gasteiger partial charge in [-0.1, -0.05) is 24.3 Å². The predicted octanol–water partition coefficient (Wildman–Crippen LogP) is 5.89. The van der Waals surface area contributed by atoms with Crippen molar-refractivity contribution in [3.05, 3.63) is 99.6 Å². The van der Waals surface area contributed by atoms with Gasteiger partial charge >= 0.3 is 6.18 Å². The van der Waals surface area contributed by atoms with Crippen molar-refractivity contribution < 1.29 is 22.5 Å². The summed E-state index contributed by atoms with van der Waals surface area (Å²) in [5.74, 6) is 1.70. The van der Waals surface area contributed by atoms with Crippen molar-refractivity contribution in [3.8, 4) is 22.7 Å². The van der Waals surface area contributed by atoms with Crippen LogP contribution in [0.2, 0.25) is 0 Å². The fraction of sp³-hybridized carbons (Fsp3) is 0.200. The second kappa shape index (κ2) is 8.95. The maximum absolute atomic E-state index is 12.8. The van der Waals surface area contributed by atoms with Crippen molar-refractivity contribution in [1.82, 2.24) is 14.9 Å². The summed E-state index contributed by atoms with van der Waals surface area (Å²) in [5, 5.41) is 11.0. The Labute approximate surface area is 198 Å². The largest absolute Gasteiger partial charge is 0.460 e. The number of benzene rings is 2. The van der Waals surface area contributed by atoms with E-state index >= 15 is 0 Å². The highest BCUT2D eigenvalue weighted by Gasteiger charge is 2.30. The topological polar surface area (TPSA) is 85.3 Å². The minimum absolute atomic E-state index is 0.00347. The van der Waals surface area contributed by atoms with Gasteiger partial charge in [0.1, 0.15) is 11.5 Å². The molecule has 0 N–H and O–H groups in total. The molecule has 1 aliphatic heterocycles. The Morgan fingerprint density at radius 3 is 2.60 bits per heavy atom. The highest BCUT2D eigenvalue weighted by atomic mass is 19.4. The van der Waals surface area contributed by atoms with Crippen LogP contribution >= 0.6 is 0 Å². The number of aromatic nitrogens is 2. The van der Waals surface area contributed by atoms with Crippen LogP contribution in [0.25, 0.3) is 22.7 Å². The molecule has 3 heterocycles. The summed E-state index contributed by atoms with van der Waals surface area (Å²) in [7, 11) is 0. The molecule has 0 saturated heterocycles. The number of fused-ring (bicyclic) bond motifs is 1. The molecule has 0 bridgehead atoms. The molecule has 5 rings (SSSR count). The number of nitro benzene ring substituents is 1. The highest BCUT2D eigenvalue weighted by Crippen LogP contribution is 2.31. The van der Waals surface area contributed by atoms with Gasteiger partial charge in [0.2, 0.25) is 0 Å². The van der Waals surface area contributed by atoms with Crippen molar-refractivity contribution in [1.29, 1.82) is 0 Å². The molecule has 0 aliphatic carbocycles. The van der Waals surface area contributed by atoms with Crippen LogP contribution in [0.15, 0.2) is 71.3 Å². The number of nitrogens with zero attached hydrogens (tertiary/aromatic N) is 4. The summed E-state index contributed by atoms with van der Waals surface area (Å²) in [6.07, 6.45) is -1.99. The van der Waals surface area contributed by atoms with Gasteiger partial charge in [-0.3, -0.25) is 15.0 Å². The molecule has 7 nitrogen and oxygen atoms in total. The molecule has 0 fully saturated rings. The molecule has 178 valence electrons. The van der Waals surface area contributed by atoms with E-state index < -0.39 is 16.7 Å². The number of alkyl halides is 3. The summed E-state index contributed by atoms with van der Waals surface area (Å²) >= 11 is 0. The monoisotopic (exact) mass is 480 g/mol. The van der Waals surface area contributed by atoms with Crippen LogP contribution < -0.4 is 0 Å². The molecule has 0 unspecified atom stereocenters. The Balaban J connectivity index is 1.27. The van der Waals surface area contributed by atoms with Crippen molar-refractivity contribution in [2.45, 2.75) is 25.7 Å². The van der Waals surface area contributed by atoms with E-state index in [1.54, 1.807) is 24.4 Å². The van der Waals surface area contributed by atoms with Crippen LogP contribution in [-0.4, -0.2) is 26.3 Å². The average Bonchev–Trinajstić information content (AvgIpc) is 3.32. The van der Waals surface area contributed by atoms with Crippen LogP contribution in [0.1, 0.15) is 22.6 Å². The third kappa shape index (κ3) is 4.92. The maximum atomic E-state index is 12.8. The van der Waals surface area contributed by atoms with Crippen LogP contribution in [0.5, 0.6) is 0 Å². The fourth-order valence-electron chi connectivity index (χ4n) is 4.07. The van der Waals surface area contributed by atoms with Gasteiger partial charge in [-0.15, -0.1) is 0 Å². The van der Waals surface area contributed by atoms with E-state index in [1.807, 2.05) is 6.07 Å². The first-order valence-corrected chi connectivity index (χ1v) is 10.8. The minimum Gasteiger partial charge on any atom is -0.460 e. The lowest BCUT2D eigenvalue weighted by molar-refractivity contribution is -0.384. The summed E-state index contributed by atoms with van der Waals surface area (Å²) in [6, 6.07) is 14.8. The molecule has 1 aliphatic rings. The van der Waals surface area contributed by atoms with Crippen molar-refractivity contribution in [2.24, 2.45) is 0 Å². The first-order chi connectivity index (χ1) is 16.8. The van der Waals surface area contributed by atoms with Crippen molar-refractivity contribution >= 4 is 5.69 Å². The zero-order chi connectivity index (χ0) is 24.6. The summed E-state index contributed by atoms with van der Waals surface area (Å²) in [5.41, 5.74) is 2.30. The van der Waals surface area contributed by atoms with E-state index in [0.29, 0.717) is 42.2 Å². The lowest BCUT2D eigenvalue weighted by Gasteiger charge is -2.27. The SMILES string of the molecule is O=[N+]([O-])c1cccc(-c2ccc(CN3CCc4nc(-c5ccc(C(F)(F)F)cc5)ncc4C3)o2)c1. The Kier molecular flexibility index (Phi) is 5.81. The number of rotatable bonds is 5. The number of non-ortho nitro benzene ring substituents is 1. The van der Waals surface area contributed by atoms with Gasteiger partial charge < -0.3 is 4.42 Å². The van der Waals surface area contributed by atoms with Gasteiger partial charge in [0.15, 0.2) is 5.82 Å². The normalized spacial score (nSPS) is 14.0. The molecule has 35 heavy (non-hydrogen) atoms. The third-order valence-electron chi connectivity index (χ3n) is 5.87. The smallest absolute Gasteiger partial charge is 0.416 e. The Morgan fingerprint density at radius 1 is 1.06 bits per heavy atom. The second-order valence-electron chi connectivity index (χ2n) is 8.27. The van der Waals surface area contributed by atoms with Gasteiger partial charge in [0.25, 0.3) is 5.69 Å². The van der Waals surface area contributed by atoms with E-state index in [9.17, 15) is 23.3 Å². The van der Waals surface area contributed by atoms with E-state index in [0.717, 1.165) is 35.7 Å². The van der Waals surface area contributed by atoms with E-state index in [-0.39, 0.29) is 5.69 Å². The molecule has 0 radical (unpaired) electrons. The summed E-state index contributed by atoms with van der Waals surface area (Å²) < 4.78 is 44.3. The highest BCUT2D eigenvalue weighted by molar-refractivity contribution is 5.61. The van der Waals surface area contributed by atoms with Crippen LogP contribution in [0, 0.1) is 10.1 Å². The zero-order valence-electron chi connectivity index (χ0n) is 18.3. The molecular formula is C25H19F3N4O3. The first-order valence-electron chi connectivity index (χ1n) is 10.8. The second-order valence-corrected chi connectivity index (χ2v) is 8.27. The number of hydrogen-bond donors (Lipinski definition) is 0. The fourth-order valence-corrected chi connectivity index (χ4v) is 4.07. The zero-order valence-corrected chi connectivity index (χ0v) is 18.3. The molecule has 2 aromatic heterocycles. The molecule has 0 spiro atoms. The van der Waals surface area contributed by atoms with Crippen molar-refractivity contribution in [3.63, 3.8) is 0 Å². The van der Waals surface area contributed by atoms with Gasteiger partial charge in [-0.2, -0.15) is 13.2 Å². The lowest BCUT2D eigenvalue weighted by Crippen LogP contribution is -2.30. The number of furan rings is 1. The van der Waals surface area contributed by atoms with Gasteiger partial charge in [-0.05, 0) is 24.3 Å². The molecular weight excluding hydrogens is 461 g/mol. The van der Waals surface area contributed by atoms with E-state index in [1.165, 1.54) is 24.3 Å².